The number of fused-ring (bicyclic) bond motifs is 3. The van der Waals surface area contributed by atoms with Crippen molar-refractivity contribution in [1.29, 1.82) is 0 Å². The molecule has 24 heavy (non-hydrogen) atoms. The van der Waals surface area contributed by atoms with Crippen molar-refractivity contribution in [3.05, 3.63) is 64.2 Å². The van der Waals surface area contributed by atoms with Crippen LogP contribution in [0.1, 0.15) is 37.7 Å². The molecule has 0 bridgehead atoms. The highest BCUT2D eigenvalue weighted by Gasteiger charge is 2.36. The second-order valence-electron chi connectivity index (χ2n) is 6.14. The number of halogens is 4. The monoisotopic (exact) mass is 334 g/mol. The Bertz CT molecular complexity index is 920. The molecule has 0 heterocycles. The molecular formula is C19H14F4O. The van der Waals surface area contributed by atoms with E-state index in [9.17, 15) is 22.4 Å². The van der Waals surface area contributed by atoms with E-state index in [2.05, 4.69) is 0 Å². The first-order chi connectivity index (χ1) is 11.5. The molecule has 4 rings (SSSR count). The molecule has 0 spiro atoms. The van der Waals surface area contributed by atoms with E-state index >= 15 is 0 Å². The molecule has 1 fully saturated rings. The largest absolute Gasteiger partial charge is 0.295 e. The van der Waals surface area contributed by atoms with Gasteiger partial charge in [-0.2, -0.15) is 0 Å². The van der Waals surface area contributed by atoms with Crippen LogP contribution in [0.25, 0.3) is 17.2 Å². The number of carbonyl (C=O) groups is 1. The van der Waals surface area contributed by atoms with Crippen LogP contribution in [0.5, 0.6) is 0 Å². The molecule has 1 unspecified atom stereocenters. The molecule has 2 aromatic rings. The normalized spacial score (nSPS) is 19.1. The van der Waals surface area contributed by atoms with E-state index in [1.165, 1.54) is 12.1 Å². The molecule has 0 amide bonds. The van der Waals surface area contributed by atoms with Gasteiger partial charge in [0.05, 0.1) is 0 Å². The minimum atomic E-state index is -1.07. The van der Waals surface area contributed by atoms with E-state index in [4.69, 9.17) is 0 Å². The molecule has 1 saturated carbocycles. The summed E-state index contributed by atoms with van der Waals surface area (Å²) in [6.07, 6.45) is 3.10. The standard InChI is InChI=1S/C19H12F4O.H2/c20-14-5-4-9(6-15(14)21)11-8-16(22)19(23)13-7-12-10(18(11)13)2-1-3-17(12)24;/h4-8,10H,1-3H2;1H. The van der Waals surface area contributed by atoms with Crippen molar-refractivity contribution in [3.63, 3.8) is 0 Å². The number of hydrogen-bond acceptors (Lipinski definition) is 1. The fourth-order valence-electron chi connectivity index (χ4n) is 3.68. The van der Waals surface area contributed by atoms with Gasteiger partial charge in [-0.15, -0.1) is 0 Å². The Morgan fingerprint density at radius 3 is 2.54 bits per heavy atom. The summed E-state index contributed by atoms with van der Waals surface area (Å²) in [5, 5.41) is 0. The van der Waals surface area contributed by atoms with Crippen LogP contribution in [0.2, 0.25) is 0 Å². The number of allylic oxidation sites excluding steroid dienone is 1. The highest BCUT2D eigenvalue weighted by Crippen LogP contribution is 2.48. The zero-order valence-electron chi connectivity index (χ0n) is 12.5. The van der Waals surface area contributed by atoms with Gasteiger partial charge in [-0.05, 0) is 53.8 Å². The maximum absolute atomic E-state index is 14.2. The van der Waals surface area contributed by atoms with Crippen molar-refractivity contribution in [2.45, 2.75) is 25.2 Å². The van der Waals surface area contributed by atoms with Crippen LogP contribution in [0.4, 0.5) is 17.6 Å². The summed E-state index contributed by atoms with van der Waals surface area (Å²) in [7, 11) is 0. The molecule has 2 aliphatic rings. The number of Topliss-reactive ketones (excluding diaryl/α,β-unsaturated/α-hetero) is 1. The van der Waals surface area contributed by atoms with E-state index in [1.807, 2.05) is 0 Å². The van der Waals surface area contributed by atoms with Crippen LogP contribution in [-0.2, 0) is 4.79 Å². The summed E-state index contributed by atoms with van der Waals surface area (Å²) in [6.45, 7) is 0. The second kappa shape index (κ2) is 5.30. The van der Waals surface area contributed by atoms with Gasteiger partial charge in [-0.3, -0.25) is 4.79 Å². The molecule has 0 aliphatic heterocycles. The fraction of sp³-hybridized carbons (Fsp3) is 0.211. The lowest BCUT2D eigenvalue weighted by molar-refractivity contribution is -0.116. The van der Waals surface area contributed by atoms with Gasteiger partial charge in [-0.1, -0.05) is 6.07 Å². The average molecular weight is 334 g/mol. The zero-order chi connectivity index (χ0) is 17.0. The van der Waals surface area contributed by atoms with Crippen LogP contribution < -0.4 is 0 Å². The fourth-order valence-corrected chi connectivity index (χ4v) is 3.68. The summed E-state index contributed by atoms with van der Waals surface area (Å²) >= 11 is 0. The van der Waals surface area contributed by atoms with E-state index in [0.717, 1.165) is 18.2 Å². The highest BCUT2D eigenvalue weighted by molar-refractivity contribution is 6.05. The Hall–Kier alpha value is -2.43. The lowest BCUT2D eigenvalue weighted by atomic mass is 9.80. The number of benzene rings is 2. The van der Waals surface area contributed by atoms with Crippen LogP contribution >= 0.6 is 0 Å². The Balaban J connectivity index is 0.00000182. The van der Waals surface area contributed by atoms with Crippen molar-refractivity contribution in [3.8, 4) is 11.1 Å². The number of carbonyl (C=O) groups excluding carboxylic acids is 1. The van der Waals surface area contributed by atoms with Gasteiger partial charge in [-0.25, -0.2) is 17.6 Å². The molecule has 1 atom stereocenters. The number of hydrogen-bond donors (Lipinski definition) is 0. The second-order valence-corrected chi connectivity index (χ2v) is 6.14. The van der Waals surface area contributed by atoms with Crippen molar-refractivity contribution in [1.82, 2.24) is 0 Å². The third kappa shape index (κ3) is 2.11. The predicted octanol–water partition coefficient (Wildman–Crippen LogP) is 5.39. The summed E-state index contributed by atoms with van der Waals surface area (Å²) in [6, 6.07) is 4.24. The van der Waals surface area contributed by atoms with Gasteiger partial charge in [0.1, 0.15) is 0 Å². The first-order valence-corrected chi connectivity index (χ1v) is 7.69. The van der Waals surface area contributed by atoms with Gasteiger partial charge in [0, 0.05) is 24.9 Å². The maximum Gasteiger partial charge on any atom is 0.166 e. The minimum absolute atomic E-state index is 0. The van der Waals surface area contributed by atoms with Crippen LogP contribution in [0, 0.1) is 23.3 Å². The Kier molecular flexibility index (Phi) is 3.34. The zero-order valence-corrected chi connectivity index (χ0v) is 12.5. The smallest absolute Gasteiger partial charge is 0.166 e. The highest BCUT2D eigenvalue weighted by atomic mass is 19.2. The van der Waals surface area contributed by atoms with E-state index in [-0.39, 0.29) is 24.3 Å². The molecule has 0 N–H and O–H groups in total. The average Bonchev–Trinajstić information content (AvgIpc) is 2.95. The van der Waals surface area contributed by atoms with Crippen LogP contribution in [0.3, 0.4) is 0 Å². The molecular weight excluding hydrogens is 320 g/mol. The summed E-state index contributed by atoms with van der Waals surface area (Å²) in [5.74, 6) is -4.54. The van der Waals surface area contributed by atoms with Crippen molar-refractivity contribution in [2.24, 2.45) is 0 Å². The van der Waals surface area contributed by atoms with Gasteiger partial charge in [0.25, 0.3) is 0 Å². The molecule has 2 aliphatic carbocycles. The summed E-state index contributed by atoms with van der Waals surface area (Å²) in [4.78, 5) is 12.1. The van der Waals surface area contributed by atoms with E-state index in [0.29, 0.717) is 36.0 Å². The van der Waals surface area contributed by atoms with E-state index < -0.39 is 23.3 Å². The molecule has 0 saturated heterocycles. The number of ketones is 1. The third-order valence-corrected chi connectivity index (χ3v) is 4.77. The molecule has 124 valence electrons. The quantitative estimate of drug-likeness (QED) is 0.639. The van der Waals surface area contributed by atoms with Gasteiger partial charge in [0.2, 0.25) is 0 Å². The van der Waals surface area contributed by atoms with E-state index in [1.54, 1.807) is 0 Å². The molecule has 0 radical (unpaired) electrons. The molecule has 2 aromatic carbocycles. The van der Waals surface area contributed by atoms with Gasteiger partial charge < -0.3 is 0 Å². The Morgan fingerprint density at radius 1 is 1.00 bits per heavy atom. The van der Waals surface area contributed by atoms with Crippen molar-refractivity contribution in [2.75, 3.05) is 0 Å². The van der Waals surface area contributed by atoms with Crippen molar-refractivity contribution >= 4 is 11.9 Å². The summed E-state index contributed by atoms with van der Waals surface area (Å²) in [5.41, 5.74) is 1.57. The SMILES string of the molecule is O=C1CCCC2C1=Cc1c(F)c(F)cc(-c3ccc(F)c(F)c3)c12.[HH]. The topological polar surface area (TPSA) is 17.1 Å². The van der Waals surface area contributed by atoms with Gasteiger partial charge >= 0.3 is 0 Å². The van der Waals surface area contributed by atoms with Crippen molar-refractivity contribution < 1.29 is 23.8 Å². The lowest BCUT2D eigenvalue weighted by Gasteiger charge is -2.23. The molecule has 5 heteroatoms. The van der Waals surface area contributed by atoms with Crippen LogP contribution in [-0.4, -0.2) is 5.78 Å². The Morgan fingerprint density at radius 2 is 1.79 bits per heavy atom. The predicted molar refractivity (Wildman–Crippen MR) is 83.4 cm³/mol. The Labute approximate surface area is 137 Å². The van der Waals surface area contributed by atoms with Gasteiger partial charge in [0.15, 0.2) is 29.1 Å². The molecule has 1 nitrogen and oxygen atoms in total. The first-order valence-electron chi connectivity index (χ1n) is 7.69. The maximum atomic E-state index is 14.2. The summed E-state index contributed by atoms with van der Waals surface area (Å²) < 4.78 is 55.0. The first kappa shape index (κ1) is 15.1. The third-order valence-electron chi connectivity index (χ3n) is 4.77. The molecule has 0 aromatic heterocycles. The number of rotatable bonds is 1. The van der Waals surface area contributed by atoms with Crippen LogP contribution in [0.15, 0.2) is 29.8 Å². The minimum Gasteiger partial charge on any atom is -0.295 e. The lowest BCUT2D eigenvalue weighted by Crippen LogP contribution is -2.15.